The van der Waals surface area contributed by atoms with Crippen molar-refractivity contribution in [2.24, 2.45) is 0 Å². The molecule has 0 spiro atoms. The van der Waals surface area contributed by atoms with E-state index in [1.165, 1.54) is 30.3 Å². The molecule has 0 aliphatic carbocycles. The first-order valence-corrected chi connectivity index (χ1v) is 6.73. The molecule has 116 valence electrons. The fraction of sp³-hybridized carbons (Fsp3) is 0.118. The van der Waals surface area contributed by atoms with Gasteiger partial charge < -0.3 is 10.1 Å². The first-order chi connectivity index (χ1) is 11.0. The van der Waals surface area contributed by atoms with E-state index >= 15 is 0 Å². The Bertz CT molecular complexity index is 797. The molecule has 6 heteroatoms. The number of carbonyl (C=O) groups excluding carboxylic acids is 2. The first-order valence-electron chi connectivity index (χ1n) is 6.73. The molecule has 23 heavy (non-hydrogen) atoms. The summed E-state index contributed by atoms with van der Waals surface area (Å²) in [7, 11) is 0. The quantitative estimate of drug-likeness (QED) is 0.880. The van der Waals surface area contributed by atoms with Crippen molar-refractivity contribution in [3.8, 4) is 6.07 Å². The average Bonchev–Trinajstić information content (AvgIpc) is 2.56. The summed E-state index contributed by atoms with van der Waals surface area (Å²) < 4.78 is 18.0. The van der Waals surface area contributed by atoms with Gasteiger partial charge >= 0.3 is 5.97 Å². The normalized spacial score (nSPS) is 9.78. The molecule has 5 nitrogen and oxygen atoms in total. The van der Waals surface area contributed by atoms with Crippen LogP contribution >= 0.6 is 0 Å². The second-order valence-electron chi connectivity index (χ2n) is 4.78. The topological polar surface area (TPSA) is 79.2 Å². The Labute approximate surface area is 132 Å². The van der Waals surface area contributed by atoms with E-state index in [1.807, 2.05) is 6.07 Å². The van der Waals surface area contributed by atoms with Crippen molar-refractivity contribution in [3.05, 3.63) is 65.0 Å². The van der Waals surface area contributed by atoms with E-state index in [-0.39, 0.29) is 5.56 Å². The highest BCUT2D eigenvalue weighted by Gasteiger charge is 2.12. The Morgan fingerprint density at radius 1 is 1.26 bits per heavy atom. The van der Waals surface area contributed by atoms with E-state index in [0.717, 1.165) is 0 Å². The molecule has 0 radical (unpaired) electrons. The second kappa shape index (κ2) is 7.18. The minimum absolute atomic E-state index is 0.179. The lowest BCUT2D eigenvalue weighted by atomic mass is 10.1. The Kier molecular flexibility index (Phi) is 5.05. The van der Waals surface area contributed by atoms with Gasteiger partial charge in [0.05, 0.1) is 17.2 Å². The van der Waals surface area contributed by atoms with E-state index in [4.69, 9.17) is 10.00 Å². The number of amides is 1. The molecule has 0 heterocycles. The molecular weight excluding hydrogens is 299 g/mol. The third-order valence-electron chi connectivity index (χ3n) is 3.04. The predicted molar refractivity (Wildman–Crippen MR) is 81.2 cm³/mol. The minimum atomic E-state index is -0.715. The van der Waals surface area contributed by atoms with Gasteiger partial charge in [-0.3, -0.25) is 4.79 Å². The zero-order valence-corrected chi connectivity index (χ0v) is 12.3. The second-order valence-corrected chi connectivity index (χ2v) is 4.78. The molecule has 0 aliphatic heterocycles. The van der Waals surface area contributed by atoms with E-state index in [9.17, 15) is 14.0 Å². The number of anilines is 1. The van der Waals surface area contributed by atoms with Crippen LogP contribution < -0.4 is 5.32 Å². The van der Waals surface area contributed by atoms with Gasteiger partial charge in [0.15, 0.2) is 6.61 Å². The molecule has 2 rings (SSSR count). The number of nitrogens with one attached hydrogen (secondary N) is 1. The summed E-state index contributed by atoms with van der Waals surface area (Å²) in [5.41, 5.74) is 1.50. The summed E-state index contributed by atoms with van der Waals surface area (Å²) in [6.07, 6.45) is 0. The van der Waals surface area contributed by atoms with Crippen molar-refractivity contribution in [1.29, 1.82) is 5.26 Å². The van der Waals surface area contributed by atoms with Gasteiger partial charge in [-0.15, -0.1) is 0 Å². The number of esters is 1. The maximum atomic E-state index is 13.1. The molecule has 0 atom stereocenters. The SMILES string of the molecule is Cc1ccc(F)cc1NC(=O)COC(=O)c1cccc(C#N)c1. The lowest BCUT2D eigenvalue weighted by Crippen LogP contribution is -2.21. The van der Waals surface area contributed by atoms with Crippen LogP contribution in [0.25, 0.3) is 0 Å². The fourth-order valence-corrected chi connectivity index (χ4v) is 1.85. The number of nitriles is 1. The highest BCUT2D eigenvalue weighted by molar-refractivity contribution is 5.96. The first kappa shape index (κ1) is 16.2. The number of nitrogens with zero attached hydrogens (tertiary/aromatic N) is 1. The monoisotopic (exact) mass is 312 g/mol. The molecule has 0 bridgehead atoms. The number of benzene rings is 2. The van der Waals surface area contributed by atoms with E-state index in [0.29, 0.717) is 16.8 Å². The van der Waals surface area contributed by atoms with Crippen LogP contribution in [-0.4, -0.2) is 18.5 Å². The smallest absolute Gasteiger partial charge is 0.338 e. The van der Waals surface area contributed by atoms with Crippen molar-refractivity contribution in [2.75, 3.05) is 11.9 Å². The zero-order chi connectivity index (χ0) is 16.8. The van der Waals surface area contributed by atoms with Crippen molar-refractivity contribution in [1.82, 2.24) is 0 Å². The minimum Gasteiger partial charge on any atom is -0.452 e. The molecule has 0 saturated carbocycles. The number of ether oxygens (including phenoxy) is 1. The van der Waals surface area contributed by atoms with Crippen LogP contribution in [0.15, 0.2) is 42.5 Å². The van der Waals surface area contributed by atoms with Crippen LogP contribution in [0.1, 0.15) is 21.5 Å². The highest BCUT2D eigenvalue weighted by Crippen LogP contribution is 2.15. The summed E-state index contributed by atoms with van der Waals surface area (Å²) in [5, 5.41) is 11.2. The molecule has 2 aromatic rings. The summed E-state index contributed by atoms with van der Waals surface area (Å²) in [6.45, 7) is 1.21. The largest absolute Gasteiger partial charge is 0.452 e. The highest BCUT2D eigenvalue weighted by atomic mass is 19.1. The maximum absolute atomic E-state index is 13.1. The van der Waals surface area contributed by atoms with Crippen LogP contribution in [0.2, 0.25) is 0 Å². The van der Waals surface area contributed by atoms with E-state index < -0.39 is 24.3 Å². The summed E-state index contributed by atoms with van der Waals surface area (Å²) >= 11 is 0. The Balaban J connectivity index is 1.95. The van der Waals surface area contributed by atoms with E-state index in [2.05, 4.69) is 5.32 Å². The van der Waals surface area contributed by atoms with Crippen LogP contribution in [0.5, 0.6) is 0 Å². The summed E-state index contributed by atoms with van der Waals surface area (Å²) in [6, 6.07) is 11.9. The molecule has 2 aromatic carbocycles. The molecule has 0 unspecified atom stereocenters. The standard InChI is InChI=1S/C17H13FN2O3/c1-11-5-6-14(18)8-15(11)20-16(21)10-23-17(22)13-4-2-3-12(7-13)9-19/h2-8H,10H2,1H3,(H,20,21). The molecular formula is C17H13FN2O3. The zero-order valence-electron chi connectivity index (χ0n) is 12.3. The van der Waals surface area contributed by atoms with Gasteiger partial charge in [-0.25, -0.2) is 9.18 Å². The molecule has 1 amide bonds. The van der Waals surface area contributed by atoms with Crippen molar-refractivity contribution >= 4 is 17.6 Å². The van der Waals surface area contributed by atoms with Crippen molar-refractivity contribution < 1.29 is 18.7 Å². The number of halogens is 1. The van der Waals surface area contributed by atoms with Crippen molar-refractivity contribution in [2.45, 2.75) is 6.92 Å². The van der Waals surface area contributed by atoms with Gasteiger partial charge in [0.1, 0.15) is 5.82 Å². The Morgan fingerprint density at radius 2 is 2.04 bits per heavy atom. The van der Waals surface area contributed by atoms with Gasteiger partial charge in [-0.1, -0.05) is 12.1 Å². The maximum Gasteiger partial charge on any atom is 0.338 e. The number of hydrogen-bond acceptors (Lipinski definition) is 4. The van der Waals surface area contributed by atoms with Crippen LogP contribution in [0.3, 0.4) is 0 Å². The lowest BCUT2D eigenvalue weighted by molar-refractivity contribution is -0.119. The van der Waals surface area contributed by atoms with E-state index in [1.54, 1.807) is 19.1 Å². The van der Waals surface area contributed by atoms with Gasteiger partial charge in [-0.2, -0.15) is 5.26 Å². The fourth-order valence-electron chi connectivity index (χ4n) is 1.85. The van der Waals surface area contributed by atoms with Crippen molar-refractivity contribution in [3.63, 3.8) is 0 Å². The van der Waals surface area contributed by atoms with Gasteiger partial charge in [0.25, 0.3) is 5.91 Å². The molecule has 0 saturated heterocycles. The molecule has 0 aliphatic rings. The number of carbonyl (C=O) groups is 2. The molecule has 0 aromatic heterocycles. The Morgan fingerprint density at radius 3 is 2.78 bits per heavy atom. The number of rotatable bonds is 4. The van der Waals surface area contributed by atoms with Gasteiger partial charge in [0.2, 0.25) is 0 Å². The van der Waals surface area contributed by atoms with Crippen LogP contribution in [0.4, 0.5) is 10.1 Å². The molecule has 1 N–H and O–H groups in total. The Hall–Kier alpha value is -3.20. The summed E-state index contributed by atoms with van der Waals surface area (Å²) in [5.74, 6) is -1.77. The lowest BCUT2D eigenvalue weighted by Gasteiger charge is -2.09. The molecule has 0 fully saturated rings. The third kappa shape index (κ3) is 4.38. The average molecular weight is 312 g/mol. The predicted octanol–water partition coefficient (Wildman–Crippen LogP) is 2.80. The van der Waals surface area contributed by atoms with Crippen LogP contribution in [-0.2, 0) is 9.53 Å². The van der Waals surface area contributed by atoms with Crippen LogP contribution in [0, 0.1) is 24.1 Å². The van der Waals surface area contributed by atoms with Gasteiger partial charge in [-0.05, 0) is 42.8 Å². The number of hydrogen-bond donors (Lipinski definition) is 1. The third-order valence-corrected chi connectivity index (χ3v) is 3.04. The van der Waals surface area contributed by atoms with Gasteiger partial charge in [0, 0.05) is 5.69 Å². The summed E-state index contributed by atoms with van der Waals surface area (Å²) in [4.78, 5) is 23.6. The number of aryl methyl sites for hydroxylation is 1.